The van der Waals surface area contributed by atoms with Gasteiger partial charge in [0.15, 0.2) is 0 Å². The van der Waals surface area contributed by atoms with Gasteiger partial charge in [-0.05, 0) is 49.8 Å². The summed E-state index contributed by atoms with van der Waals surface area (Å²) in [7, 11) is 0. The zero-order chi connectivity index (χ0) is 19.0. The van der Waals surface area contributed by atoms with Gasteiger partial charge < -0.3 is 14.8 Å². The maximum atomic E-state index is 10.6. The zero-order valence-corrected chi connectivity index (χ0v) is 16.7. The Hall–Kier alpha value is -1.56. The fraction of sp³-hybridized carbons (Fsp3) is 0.571. The van der Waals surface area contributed by atoms with Crippen LogP contribution in [0.1, 0.15) is 37.0 Å². The second-order valence-corrected chi connectivity index (χ2v) is 8.41. The Morgan fingerprint density at radius 1 is 1.30 bits per heavy atom. The van der Waals surface area contributed by atoms with Crippen LogP contribution in [0, 0.1) is 18.8 Å². The van der Waals surface area contributed by atoms with Crippen molar-refractivity contribution in [3.8, 4) is 5.75 Å². The van der Waals surface area contributed by atoms with Crippen LogP contribution in [0.2, 0.25) is 5.02 Å². The molecule has 27 heavy (non-hydrogen) atoms. The summed E-state index contributed by atoms with van der Waals surface area (Å²) in [6.07, 6.45) is 2.02. The summed E-state index contributed by atoms with van der Waals surface area (Å²) in [6.45, 7) is 7.17. The predicted octanol–water partition coefficient (Wildman–Crippen LogP) is 3.58. The second kappa shape index (κ2) is 7.82. The summed E-state index contributed by atoms with van der Waals surface area (Å²) in [5.74, 6) is 2.88. The molecule has 4 rings (SSSR count). The van der Waals surface area contributed by atoms with Crippen LogP contribution >= 0.6 is 11.6 Å². The molecule has 2 heterocycles. The van der Waals surface area contributed by atoms with Gasteiger partial charge >= 0.3 is 0 Å². The van der Waals surface area contributed by atoms with Gasteiger partial charge in [-0.3, -0.25) is 4.90 Å². The van der Waals surface area contributed by atoms with Crippen molar-refractivity contribution >= 4 is 11.6 Å². The van der Waals surface area contributed by atoms with Gasteiger partial charge in [-0.1, -0.05) is 24.6 Å². The summed E-state index contributed by atoms with van der Waals surface area (Å²) >= 11 is 6.05. The van der Waals surface area contributed by atoms with Crippen LogP contribution in [0.15, 0.2) is 24.3 Å². The first-order valence-electron chi connectivity index (χ1n) is 9.88. The fourth-order valence-corrected chi connectivity index (χ4v) is 4.73. The van der Waals surface area contributed by atoms with Crippen molar-refractivity contribution in [2.24, 2.45) is 11.8 Å². The van der Waals surface area contributed by atoms with E-state index in [-0.39, 0.29) is 6.10 Å². The van der Waals surface area contributed by atoms with Crippen molar-refractivity contribution in [1.29, 1.82) is 0 Å². The van der Waals surface area contributed by atoms with Gasteiger partial charge in [-0.2, -0.15) is 0 Å². The summed E-state index contributed by atoms with van der Waals surface area (Å²) < 4.78 is 6.08. The number of H-pyrrole nitrogens is 1. The summed E-state index contributed by atoms with van der Waals surface area (Å²) in [6, 6.07) is 7.42. The highest BCUT2D eigenvalue weighted by Gasteiger charge is 2.42. The Balaban J connectivity index is 1.38. The minimum atomic E-state index is -0.427. The molecule has 2 aromatic rings. The summed E-state index contributed by atoms with van der Waals surface area (Å²) in [5.41, 5.74) is 2.32. The molecule has 0 spiro atoms. The number of aromatic amines is 1. The van der Waals surface area contributed by atoms with E-state index in [0.29, 0.717) is 16.9 Å². The van der Waals surface area contributed by atoms with Gasteiger partial charge in [0.05, 0.1) is 11.8 Å². The molecular formula is C21H28ClN3O2. The highest BCUT2D eigenvalue weighted by atomic mass is 35.5. The molecular weight excluding hydrogens is 362 g/mol. The Morgan fingerprint density at radius 2 is 2.07 bits per heavy atom. The summed E-state index contributed by atoms with van der Waals surface area (Å²) in [4.78, 5) is 10.6. The average Bonchev–Trinajstić information content (AvgIpc) is 3.18. The third kappa shape index (κ3) is 4.15. The number of imidazole rings is 1. The van der Waals surface area contributed by atoms with Crippen LogP contribution in [-0.4, -0.2) is 45.3 Å². The Morgan fingerprint density at radius 3 is 2.78 bits per heavy atom. The van der Waals surface area contributed by atoms with E-state index in [2.05, 4.69) is 23.7 Å². The van der Waals surface area contributed by atoms with E-state index in [0.717, 1.165) is 56.2 Å². The van der Waals surface area contributed by atoms with Crippen molar-refractivity contribution in [2.75, 3.05) is 13.1 Å². The van der Waals surface area contributed by atoms with E-state index in [4.69, 9.17) is 21.3 Å². The lowest BCUT2D eigenvalue weighted by atomic mass is 9.78. The van der Waals surface area contributed by atoms with E-state index < -0.39 is 6.10 Å². The fourth-order valence-electron chi connectivity index (χ4n) is 4.55. The monoisotopic (exact) mass is 389 g/mol. The number of rotatable bonds is 5. The van der Waals surface area contributed by atoms with Crippen molar-refractivity contribution in [1.82, 2.24) is 14.9 Å². The van der Waals surface area contributed by atoms with Gasteiger partial charge in [-0.15, -0.1) is 0 Å². The van der Waals surface area contributed by atoms with Crippen molar-refractivity contribution < 1.29 is 9.84 Å². The third-order valence-electron chi connectivity index (χ3n) is 5.99. The molecule has 2 N–H and O–H groups in total. The van der Waals surface area contributed by atoms with Gasteiger partial charge in [0, 0.05) is 36.8 Å². The Labute approximate surface area is 165 Å². The maximum Gasteiger partial charge on any atom is 0.125 e. The van der Waals surface area contributed by atoms with E-state index >= 15 is 0 Å². The predicted molar refractivity (Wildman–Crippen MR) is 106 cm³/mol. The van der Waals surface area contributed by atoms with Gasteiger partial charge in [0.25, 0.3) is 0 Å². The number of aliphatic hydroxyl groups excluding tert-OH is 1. The number of halogens is 1. The number of likely N-dealkylation sites (tertiary alicyclic amines) is 1. The Bertz CT molecular complexity index is 793. The van der Waals surface area contributed by atoms with Gasteiger partial charge in [0.1, 0.15) is 17.7 Å². The van der Waals surface area contributed by atoms with Crippen LogP contribution in [0.5, 0.6) is 5.75 Å². The molecule has 1 aromatic carbocycles. The molecule has 1 aliphatic heterocycles. The maximum absolute atomic E-state index is 10.6. The number of ether oxygens (including phenoxy) is 1. The number of nitrogens with one attached hydrogen (secondary N) is 1. The number of aliphatic hydroxyl groups is 1. The molecule has 0 unspecified atom stereocenters. The third-order valence-corrected chi connectivity index (χ3v) is 6.22. The van der Waals surface area contributed by atoms with Crippen LogP contribution in [0.4, 0.5) is 0 Å². The number of hydrogen-bond donors (Lipinski definition) is 2. The van der Waals surface area contributed by atoms with E-state index in [9.17, 15) is 5.11 Å². The first-order chi connectivity index (χ1) is 13.0. The van der Waals surface area contributed by atoms with E-state index in [1.54, 1.807) is 0 Å². The standard InChI is InChI=1S/C21H28ClN3O2/c1-3-21-23-13(2)18(24-21)12-25-10-14-7-19(26)20(8-15(14)11-25)27-17-6-4-5-16(22)9-17/h4-6,9,14-15,19-20,26H,3,7-8,10-12H2,1-2H3,(H,23,24)/t14-,15+,19+,20+/m0/s1. The zero-order valence-electron chi connectivity index (χ0n) is 16.0. The molecule has 0 radical (unpaired) electrons. The topological polar surface area (TPSA) is 61.4 Å². The molecule has 1 aromatic heterocycles. The highest BCUT2D eigenvalue weighted by molar-refractivity contribution is 6.30. The number of aryl methyl sites for hydroxylation is 2. The van der Waals surface area contributed by atoms with Crippen LogP contribution in [0.3, 0.4) is 0 Å². The lowest BCUT2D eigenvalue weighted by Gasteiger charge is -2.35. The number of hydrogen-bond acceptors (Lipinski definition) is 4. The van der Waals surface area contributed by atoms with Crippen molar-refractivity contribution in [3.63, 3.8) is 0 Å². The van der Waals surface area contributed by atoms with Crippen molar-refractivity contribution in [3.05, 3.63) is 46.5 Å². The minimum absolute atomic E-state index is 0.163. The van der Waals surface area contributed by atoms with Crippen LogP contribution in [-0.2, 0) is 13.0 Å². The molecule has 6 heteroatoms. The quantitative estimate of drug-likeness (QED) is 0.820. The summed E-state index contributed by atoms with van der Waals surface area (Å²) in [5, 5.41) is 11.3. The smallest absolute Gasteiger partial charge is 0.125 e. The lowest BCUT2D eigenvalue weighted by Crippen LogP contribution is -2.42. The van der Waals surface area contributed by atoms with Crippen LogP contribution < -0.4 is 4.74 Å². The van der Waals surface area contributed by atoms with Gasteiger partial charge in [-0.25, -0.2) is 4.98 Å². The van der Waals surface area contributed by atoms with Crippen molar-refractivity contribution in [2.45, 2.75) is 51.9 Å². The SMILES string of the molecule is CCc1nc(CN2C[C@H]3C[C@@H](Oc4cccc(Cl)c4)[C@H](O)C[C@H]3C2)c(C)[nH]1. The molecule has 5 nitrogen and oxygen atoms in total. The number of aromatic nitrogens is 2. The number of benzene rings is 1. The normalized spacial score (nSPS) is 28.3. The first kappa shape index (κ1) is 18.8. The molecule has 146 valence electrons. The Kier molecular flexibility index (Phi) is 5.44. The van der Waals surface area contributed by atoms with Crippen LogP contribution in [0.25, 0.3) is 0 Å². The lowest BCUT2D eigenvalue weighted by molar-refractivity contribution is -0.0231. The highest BCUT2D eigenvalue weighted by Crippen LogP contribution is 2.38. The molecule has 0 bridgehead atoms. The first-order valence-corrected chi connectivity index (χ1v) is 10.3. The van der Waals surface area contributed by atoms with E-state index in [1.165, 1.54) is 5.69 Å². The molecule has 1 saturated heterocycles. The molecule has 2 fully saturated rings. The largest absolute Gasteiger partial charge is 0.488 e. The average molecular weight is 390 g/mol. The minimum Gasteiger partial charge on any atom is -0.488 e. The van der Waals surface area contributed by atoms with E-state index in [1.807, 2.05) is 24.3 Å². The second-order valence-electron chi connectivity index (χ2n) is 7.98. The number of fused-ring (bicyclic) bond motifs is 1. The number of nitrogens with zero attached hydrogens (tertiary/aromatic N) is 2. The molecule has 0 amide bonds. The molecule has 4 atom stereocenters. The molecule has 2 aliphatic rings. The van der Waals surface area contributed by atoms with Gasteiger partial charge in [0.2, 0.25) is 0 Å². The molecule has 1 saturated carbocycles. The molecule has 1 aliphatic carbocycles.